The summed E-state index contributed by atoms with van der Waals surface area (Å²) in [5.41, 5.74) is 1.24. The topological polar surface area (TPSA) is 92.3 Å². The first-order valence-electron chi connectivity index (χ1n) is 9.32. The predicted octanol–water partition coefficient (Wildman–Crippen LogP) is 4.09. The van der Waals surface area contributed by atoms with Crippen LogP contribution in [0.3, 0.4) is 0 Å². The minimum Gasteiger partial charge on any atom is -0.465 e. The lowest BCUT2D eigenvalue weighted by Crippen LogP contribution is -2.36. The minimum atomic E-state index is -0.405. The molecular formula is C22H22N2O4. The summed E-state index contributed by atoms with van der Waals surface area (Å²) >= 11 is 0. The molecule has 1 aliphatic carbocycles. The van der Waals surface area contributed by atoms with Gasteiger partial charge in [0.1, 0.15) is 23.2 Å². The van der Waals surface area contributed by atoms with E-state index in [1.54, 1.807) is 36.4 Å². The largest absolute Gasteiger partial charge is 0.465 e. The van der Waals surface area contributed by atoms with E-state index in [0.717, 1.165) is 31.2 Å². The lowest BCUT2D eigenvalue weighted by Gasteiger charge is -2.22. The maximum absolute atomic E-state index is 12.4. The van der Waals surface area contributed by atoms with Crippen LogP contribution in [0.25, 0.3) is 17.4 Å². The second-order valence-corrected chi connectivity index (χ2v) is 6.75. The average molecular weight is 378 g/mol. The fourth-order valence-electron chi connectivity index (χ4n) is 3.27. The number of hydrogen-bond donors (Lipinski definition) is 1. The number of nitriles is 1. The van der Waals surface area contributed by atoms with E-state index in [9.17, 15) is 14.9 Å². The van der Waals surface area contributed by atoms with Gasteiger partial charge in [0, 0.05) is 17.7 Å². The quantitative estimate of drug-likeness (QED) is 0.481. The Hall–Kier alpha value is -3.33. The Kier molecular flexibility index (Phi) is 6.28. The molecule has 1 aliphatic rings. The molecule has 6 nitrogen and oxygen atoms in total. The van der Waals surface area contributed by atoms with Crippen LogP contribution in [0.15, 0.2) is 46.4 Å². The number of carbonyl (C=O) groups is 2. The van der Waals surface area contributed by atoms with E-state index in [4.69, 9.17) is 4.42 Å². The normalized spacial score (nSPS) is 14.9. The maximum atomic E-state index is 12.4. The van der Waals surface area contributed by atoms with Crippen LogP contribution in [0.2, 0.25) is 0 Å². The molecule has 28 heavy (non-hydrogen) atoms. The summed E-state index contributed by atoms with van der Waals surface area (Å²) in [5, 5.41) is 12.3. The predicted molar refractivity (Wildman–Crippen MR) is 104 cm³/mol. The molecule has 0 spiro atoms. The van der Waals surface area contributed by atoms with Gasteiger partial charge in [0.15, 0.2) is 0 Å². The highest BCUT2D eigenvalue weighted by atomic mass is 16.5. The smallest absolute Gasteiger partial charge is 0.337 e. The number of ether oxygens (including phenoxy) is 1. The molecule has 1 fully saturated rings. The Labute approximate surface area is 163 Å². The summed E-state index contributed by atoms with van der Waals surface area (Å²) in [7, 11) is 1.33. The Bertz CT molecular complexity index is 913. The molecule has 144 valence electrons. The molecule has 0 saturated heterocycles. The summed E-state index contributed by atoms with van der Waals surface area (Å²) in [6.07, 6.45) is 6.77. The highest BCUT2D eigenvalue weighted by Gasteiger charge is 2.18. The zero-order valence-electron chi connectivity index (χ0n) is 15.7. The van der Waals surface area contributed by atoms with Gasteiger partial charge in [-0.25, -0.2) is 4.79 Å². The molecule has 1 amide bonds. The van der Waals surface area contributed by atoms with Gasteiger partial charge in [0.2, 0.25) is 0 Å². The van der Waals surface area contributed by atoms with Gasteiger partial charge in [-0.2, -0.15) is 5.26 Å². The summed E-state index contributed by atoms with van der Waals surface area (Å²) < 4.78 is 10.4. The monoisotopic (exact) mass is 378 g/mol. The second kappa shape index (κ2) is 9.05. The number of amides is 1. The number of nitrogens with zero attached hydrogens (tertiary/aromatic N) is 1. The summed E-state index contributed by atoms with van der Waals surface area (Å²) in [5.74, 6) is 0.224. The van der Waals surface area contributed by atoms with Crippen molar-refractivity contribution in [3.8, 4) is 17.4 Å². The third-order valence-corrected chi connectivity index (χ3v) is 4.81. The number of rotatable bonds is 5. The Balaban J connectivity index is 1.71. The fourth-order valence-corrected chi connectivity index (χ4v) is 3.27. The molecule has 0 radical (unpaired) electrons. The van der Waals surface area contributed by atoms with Crippen molar-refractivity contribution in [1.82, 2.24) is 5.32 Å². The van der Waals surface area contributed by atoms with Crippen molar-refractivity contribution in [3.63, 3.8) is 0 Å². The van der Waals surface area contributed by atoms with Crippen molar-refractivity contribution in [3.05, 3.63) is 53.3 Å². The van der Waals surface area contributed by atoms with E-state index in [-0.39, 0.29) is 17.5 Å². The number of nitrogens with one attached hydrogen (secondary N) is 1. The van der Waals surface area contributed by atoms with Crippen LogP contribution < -0.4 is 5.32 Å². The average Bonchev–Trinajstić information content (AvgIpc) is 3.21. The minimum absolute atomic E-state index is 0.0208. The molecular weight excluding hydrogens is 356 g/mol. The van der Waals surface area contributed by atoms with Crippen LogP contribution >= 0.6 is 0 Å². The molecule has 1 aromatic carbocycles. The van der Waals surface area contributed by atoms with Gasteiger partial charge < -0.3 is 14.5 Å². The molecule has 0 aliphatic heterocycles. The third kappa shape index (κ3) is 4.68. The van der Waals surface area contributed by atoms with E-state index < -0.39 is 5.97 Å². The zero-order chi connectivity index (χ0) is 19.9. The lowest BCUT2D eigenvalue weighted by molar-refractivity contribution is -0.117. The summed E-state index contributed by atoms with van der Waals surface area (Å²) in [6.45, 7) is 0. The number of benzene rings is 1. The van der Waals surface area contributed by atoms with Crippen LogP contribution in [0.5, 0.6) is 0 Å². The zero-order valence-corrected chi connectivity index (χ0v) is 15.7. The number of methoxy groups -OCH3 is 1. The van der Waals surface area contributed by atoms with Crippen molar-refractivity contribution < 1.29 is 18.7 Å². The van der Waals surface area contributed by atoms with Crippen LogP contribution in [-0.4, -0.2) is 25.0 Å². The number of hydrogen-bond acceptors (Lipinski definition) is 5. The number of esters is 1. The molecule has 0 unspecified atom stereocenters. The van der Waals surface area contributed by atoms with Crippen LogP contribution in [0, 0.1) is 11.3 Å². The molecule has 1 heterocycles. The molecule has 3 rings (SSSR count). The van der Waals surface area contributed by atoms with E-state index >= 15 is 0 Å². The van der Waals surface area contributed by atoms with Gasteiger partial charge >= 0.3 is 5.97 Å². The SMILES string of the molecule is COC(=O)c1ccc(-c2ccc(C=C(C#N)C(=O)NC3CCCCC3)o2)cc1. The molecule has 1 aromatic heterocycles. The Morgan fingerprint density at radius 3 is 2.50 bits per heavy atom. The van der Waals surface area contributed by atoms with Gasteiger partial charge in [-0.1, -0.05) is 31.4 Å². The Morgan fingerprint density at radius 2 is 1.86 bits per heavy atom. The maximum Gasteiger partial charge on any atom is 0.337 e. The van der Waals surface area contributed by atoms with Gasteiger partial charge in [-0.15, -0.1) is 0 Å². The molecule has 6 heteroatoms. The highest BCUT2D eigenvalue weighted by molar-refractivity contribution is 6.01. The third-order valence-electron chi connectivity index (χ3n) is 4.81. The standard InChI is InChI=1S/C22H22N2O4/c1-27-22(26)16-9-7-15(8-10-16)20-12-11-19(28-20)13-17(14-23)21(25)24-18-5-3-2-4-6-18/h7-13,18H,2-6H2,1H3,(H,24,25). The first-order chi connectivity index (χ1) is 13.6. The lowest BCUT2D eigenvalue weighted by atomic mass is 9.95. The van der Waals surface area contributed by atoms with Crippen molar-refractivity contribution in [2.24, 2.45) is 0 Å². The van der Waals surface area contributed by atoms with Crippen LogP contribution in [0.1, 0.15) is 48.2 Å². The van der Waals surface area contributed by atoms with Crippen molar-refractivity contribution >= 4 is 18.0 Å². The highest BCUT2D eigenvalue weighted by Crippen LogP contribution is 2.24. The number of carbonyl (C=O) groups excluding carboxylic acids is 2. The van der Waals surface area contributed by atoms with E-state index in [1.807, 2.05) is 6.07 Å². The second-order valence-electron chi connectivity index (χ2n) is 6.75. The molecule has 1 N–H and O–H groups in total. The molecule has 1 saturated carbocycles. The molecule has 2 aromatic rings. The van der Waals surface area contributed by atoms with E-state index in [0.29, 0.717) is 17.1 Å². The molecule has 0 atom stereocenters. The summed E-state index contributed by atoms with van der Waals surface area (Å²) in [4.78, 5) is 23.9. The van der Waals surface area contributed by atoms with Gasteiger partial charge in [-0.05, 0) is 37.1 Å². The van der Waals surface area contributed by atoms with Gasteiger partial charge in [0.25, 0.3) is 5.91 Å². The first-order valence-corrected chi connectivity index (χ1v) is 9.32. The van der Waals surface area contributed by atoms with Crippen molar-refractivity contribution in [2.45, 2.75) is 38.1 Å². The Morgan fingerprint density at radius 1 is 1.14 bits per heavy atom. The summed E-state index contributed by atoms with van der Waals surface area (Å²) in [6, 6.07) is 12.4. The molecule has 0 bridgehead atoms. The first kappa shape index (κ1) is 19.4. The fraction of sp³-hybridized carbons (Fsp3) is 0.318. The van der Waals surface area contributed by atoms with E-state index in [1.165, 1.54) is 19.6 Å². The van der Waals surface area contributed by atoms with Crippen LogP contribution in [-0.2, 0) is 9.53 Å². The van der Waals surface area contributed by atoms with Gasteiger partial charge in [0.05, 0.1) is 12.7 Å². The number of furan rings is 1. The van der Waals surface area contributed by atoms with Gasteiger partial charge in [-0.3, -0.25) is 4.79 Å². The van der Waals surface area contributed by atoms with E-state index in [2.05, 4.69) is 10.1 Å². The van der Waals surface area contributed by atoms with Crippen LogP contribution in [0.4, 0.5) is 0 Å². The van der Waals surface area contributed by atoms with Crippen molar-refractivity contribution in [2.75, 3.05) is 7.11 Å². The van der Waals surface area contributed by atoms with Crippen molar-refractivity contribution in [1.29, 1.82) is 5.26 Å².